The molecule has 0 unspecified atom stereocenters. The largest absolute Gasteiger partial charge is 0.423 e. The monoisotopic (exact) mass is 273 g/mol. The molecule has 1 aromatic heterocycles. The smallest absolute Gasteiger partial charge is 0.336 e. The molecular formula is C15H15NO2S. The van der Waals surface area contributed by atoms with Gasteiger partial charge < -0.3 is 4.74 Å². The van der Waals surface area contributed by atoms with E-state index >= 15 is 0 Å². The second kappa shape index (κ2) is 5.80. The average Bonchev–Trinajstić information content (AvgIpc) is 2.76. The summed E-state index contributed by atoms with van der Waals surface area (Å²) >= 11 is 1.55. The summed E-state index contributed by atoms with van der Waals surface area (Å²) in [6.45, 7) is 5.85. The lowest BCUT2D eigenvalue weighted by Gasteiger charge is -2.05. The first-order chi connectivity index (χ1) is 9.04. The third-order valence-corrected chi connectivity index (χ3v) is 3.36. The van der Waals surface area contributed by atoms with Gasteiger partial charge in [-0.15, -0.1) is 11.3 Å². The zero-order chi connectivity index (χ0) is 13.8. The number of nitrogens with zero attached hydrogens (tertiary/aromatic N) is 1. The molecule has 1 heterocycles. The number of esters is 1. The first kappa shape index (κ1) is 13.5. The second-order valence-corrected chi connectivity index (χ2v) is 5.38. The Balaban J connectivity index is 2.03. The zero-order valence-corrected chi connectivity index (χ0v) is 12.0. The molecule has 0 aliphatic carbocycles. The van der Waals surface area contributed by atoms with E-state index in [9.17, 15) is 4.79 Å². The van der Waals surface area contributed by atoms with Crippen molar-refractivity contribution in [3.8, 4) is 5.75 Å². The van der Waals surface area contributed by atoms with Crippen LogP contribution in [0.1, 0.15) is 21.8 Å². The van der Waals surface area contributed by atoms with Crippen molar-refractivity contribution in [1.29, 1.82) is 0 Å². The van der Waals surface area contributed by atoms with Crippen LogP contribution in [0.15, 0.2) is 29.7 Å². The van der Waals surface area contributed by atoms with Crippen molar-refractivity contribution < 1.29 is 9.53 Å². The highest BCUT2D eigenvalue weighted by Crippen LogP contribution is 2.19. The molecule has 0 saturated heterocycles. The predicted molar refractivity (Wildman–Crippen MR) is 77.4 cm³/mol. The molecule has 0 aliphatic rings. The van der Waals surface area contributed by atoms with Crippen LogP contribution < -0.4 is 4.74 Å². The van der Waals surface area contributed by atoms with E-state index in [1.807, 2.05) is 44.4 Å². The number of carbonyl (C=O) groups excluding carboxylic acids is 1. The van der Waals surface area contributed by atoms with Gasteiger partial charge in [0.2, 0.25) is 0 Å². The summed E-state index contributed by atoms with van der Waals surface area (Å²) in [5, 5.41) is 2.87. The lowest BCUT2D eigenvalue weighted by atomic mass is 10.1. The fourth-order valence-corrected chi connectivity index (χ4v) is 2.25. The van der Waals surface area contributed by atoms with Crippen molar-refractivity contribution in [3.05, 3.63) is 51.5 Å². The van der Waals surface area contributed by atoms with Crippen LogP contribution in [0.3, 0.4) is 0 Å². The lowest BCUT2D eigenvalue weighted by Crippen LogP contribution is -2.04. The van der Waals surface area contributed by atoms with Crippen LogP contribution in [0.4, 0.5) is 0 Å². The fourth-order valence-electron chi connectivity index (χ4n) is 1.67. The topological polar surface area (TPSA) is 39.2 Å². The molecule has 0 radical (unpaired) electrons. The van der Waals surface area contributed by atoms with Gasteiger partial charge >= 0.3 is 5.97 Å². The average molecular weight is 273 g/mol. The first-order valence-electron chi connectivity index (χ1n) is 5.94. The molecule has 4 heteroatoms. The van der Waals surface area contributed by atoms with E-state index < -0.39 is 5.97 Å². The normalized spacial score (nSPS) is 10.9. The standard InChI is InChI=1S/C15H15NO2S/c1-10-4-6-14(11(2)8-10)18-15(17)7-5-13-9-19-12(3)16-13/h4-9H,1-3H3/b7-5+. The van der Waals surface area contributed by atoms with Crippen molar-refractivity contribution in [2.45, 2.75) is 20.8 Å². The molecule has 1 aromatic carbocycles. The lowest BCUT2D eigenvalue weighted by molar-refractivity contribution is -0.128. The number of carbonyl (C=O) groups is 1. The van der Waals surface area contributed by atoms with Crippen LogP contribution in [-0.2, 0) is 4.79 Å². The van der Waals surface area contributed by atoms with Crippen LogP contribution in [0, 0.1) is 20.8 Å². The van der Waals surface area contributed by atoms with Gasteiger partial charge in [-0.1, -0.05) is 17.7 Å². The Bertz CT molecular complexity index is 629. The molecule has 0 atom stereocenters. The molecule has 0 N–H and O–H groups in total. The van der Waals surface area contributed by atoms with Crippen molar-refractivity contribution in [2.24, 2.45) is 0 Å². The minimum absolute atomic E-state index is 0.391. The van der Waals surface area contributed by atoms with Crippen LogP contribution in [0.25, 0.3) is 6.08 Å². The Labute approximate surface area is 116 Å². The van der Waals surface area contributed by atoms with Crippen LogP contribution in [0.5, 0.6) is 5.75 Å². The molecule has 0 aliphatic heterocycles. The number of rotatable bonds is 3. The maximum Gasteiger partial charge on any atom is 0.336 e. The van der Waals surface area contributed by atoms with Crippen LogP contribution in [-0.4, -0.2) is 11.0 Å². The van der Waals surface area contributed by atoms with Gasteiger partial charge in [0.05, 0.1) is 10.7 Å². The van der Waals surface area contributed by atoms with Crippen molar-refractivity contribution in [2.75, 3.05) is 0 Å². The SMILES string of the molecule is Cc1ccc(OC(=O)/C=C/c2csc(C)n2)c(C)c1. The zero-order valence-electron chi connectivity index (χ0n) is 11.1. The van der Waals surface area contributed by atoms with Gasteiger partial charge in [0.25, 0.3) is 0 Å². The Morgan fingerprint density at radius 2 is 2.11 bits per heavy atom. The third-order valence-electron chi connectivity index (χ3n) is 2.57. The van der Waals surface area contributed by atoms with E-state index in [1.165, 1.54) is 6.08 Å². The van der Waals surface area contributed by atoms with Gasteiger partial charge in [-0.25, -0.2) is 9.78 Å². The molecule has 2 aromatic rings. The molecule has 0 spiro atoms. The molecular weight excluding hydrogens is 258 g/mol. The van der Waals surface area contributed by atoms with Gasteiger partial charge in [-0.2, -0.15) is 0 Å². The minimum atomic E-state index is -0.391. The maximum absolute atomic E-state index is 11.7. The molecule has 0 bridgehead atoms. The molecule has 2 rings (SSSR count). The summed E-state index contributed by atoms with van der Waals surface area (Å²) in [6.07, 6.45) is 3.06. The van der Waals surface area contributed by atoms with Crippen LogP contribution in [0.2, 0.25) is 0 Å². The number of aromatic nitrogens is 1. The number of aryl methyl sites for hydroxylation is 3. The van der Waals surface area contributed by atoms with E-state index in [2.05, 4.69) is 4.98 Å². The number of hydrogen-bond acceptors (Lipinski definition) is 4. The van der Waals surface area contributed by atoms with Gasteiger partial charge in [0.15, 0.2) is 0 Å². The molecule has 0 fully saturated rings. The third kappa shape index (κ3) is 3.76. The summed E-state index contributed by atoms with van der Waals surface area (Å²) in [6, 6.07) is 5.71. The fraction of sp³-hybridized carbons (Fsp3) is 0.200. The molecule has 3 nitrogen and oxygen atoms in total. The van der Waals surface area contributed by atoms with Gasteiger partial charge in [-0.05, 0) is 38.5 Å². The summed E-state index contributed by atoms with van der Waals surface area (Å²) in [7, 11) is 0. The van der Waals surface area contributed by atoms with E-state index in [4.69, 9.17) is 4.74 Å². The molecule has 0 saturated carbocycles. The maximum atomic E-state index is 11.7. The summed E-state index contributed by atoms with van der Waals surface area (Å²) in [5.41, 5.74) is 2.87. The van der Waals surface area contributed by atoms with Crippen molar-refractivity contribution in [3.63, 3.8) is 0 Å². The van der Waals surface area contributed by atoms with Crippen LogP contribution >= 0.6 is 11.3 Å². The first-order valence-corrected chi connectivity index (χ1v) is 6.82. The van der Waals surface area contributed by atoms with E-state index in [-0.39, 0.29) is 0 Å². The number of thiazole rings is 1. The van der Waals surface area contributed by atoms with Crippen molar-refractivity contribution >= 4 is 23.4 Å². The van der Waals surface area contributed by atoms with Gasteiger partial charge in [0.1, 0.15) is 5.75 Å². The predicted octanol–water partition coefficient (Wildman–Crippen LogP) is 3.69. The highest BCUT2D eigenvalue weighted by molar-refractivity contribution is 7.09. The molecule has 19 heavy (non-hydrogen) atoms. The van der Waals surface area contributed by atoms with Crippen molar-refractivity contribution in [1.82, 2.24) is 4.98 Å². The highest BCUT2D eigenvalue weighted by Gasteiger charge is 2.04. The Hall–Kier alpha value is -1.94. The molecule has 0 amide bonds. The highest BCUT2D eigenvalue weighted by atomic mass is 32.1. The molecule has 98 valence electrons. The Kier molecular flexibility index (Phi) is 4.12. The number of benzene rings is 1. The number of ether oxygens (including phenoxy) is 1. The van der Waals surface area contributed by atoms with Gasteiger partial charge in [0, 0.05) is 11.5 Å². The summed E-state index contributed by atoms with van der Waals surface area (Å²) in [4.78, 5) is 15.9. The summed E-state index contributed by atoms with van der Waals surface area (Å²) in [5.74, 6) is 0.201. The second-order valence-electron chi connectivity index (χ2n) is 4.31. The quantitative estimate of drug-likeness (QED) is 0.486. The summed E-state index contributed by atoms with van der Waals surface area (Å²) < 4.78 is 5.28. The Morgan fingerprint density at radius 3 is 2.74 bits per heavy atom. The Morgan fingerprint density at radius 1 is 1.32 bits per heavy atom. The van der Waals surface area contributed by atoms with E-state index in [0.717, 1.165) is 21.8 Å². The minimum Gasteiger partial charge on any atom is -0.423 e. The van der Waals surface area contributed by atoms with E-state index in [1.54, 1.807) is 17.4 Å². The van der Waals surface area contributed by atoms with Gasteiger partial charge in [-0.3, -0.25) is 0 Å². The van der Waals surface area contributed by atoms with E-state index in [0.29, 0.717) is 5.75 Å². The number of hydrogen-bond donors (Lipinski definition) is 0.